The van der Waals surface area contributed by atoms with E-state index in [-0.39, 0.29) is 17.9 Å². The molecule has 2 aromatic rings. The number of piperidine rings is 1. The zero-order valence-electron chi connectivity index (χ0n) is 18.0. The third kappa shape index (κ3) is 4.84. The number of carbonyl (C=O) groups excluding carboxylic acids is 2. The van der Waals surface area contributed by atoms with Gasteiger partial charge in [-0.15, -0.1) is 5.10 Å². The Bertz CT molecular complexity index is 948. The van der Waals surface area contributed by atoms with Crippen molar-refractivity contribution in [1.29, 1.82) is 0 Å². The molecule has 3 heterocycles. The molecule has 2 aliphatic rings. The molecule has 0 spiro atoms. The van der Waals surface area contributed by atoms with Gasteiger partial charge in [-0.3, -0.25) is 9.59 Å². The second kappa shape index (κ2) is 9.26. The molecular formula is C22H28ClN5O3. The lowest BCUT2D eigenvalue weighted by Crippen LogP contribution is -2.45. The maximum absolute atomic E-state index is 12.9. The molecule has 0 radical (unpaired) electrons. The molecule has 2 amide bonds. The zero-order chi connectivity index (χ0) is 22.0. The average molecular weight is 446 g/mol. The Balaban J connectivity index is 1.31. The highest BCUT2D eigenvalue weighted by Gasteiger charge is 2.29. The van der Waals surface area contributed by atoms with Gasteiger partial charge in [0.05, 0.1) is 12.2 Å². The summed E-state index contributed by atoms with van der Waals surface area (Å²) in [5, 5.41) is 8.92. The van der Waals surface area contributed by atoms with Crippen molar-refractivity contribution in [2.24, 2.45) is 0 Å². The van der Waals surface area contributed by atoms with E-state index in [0.29, 0.717) is 29.6 Å². The normalized spacial score (nSPS) is 18.3. The van der Waals surface area contributed by atoms with E-state index in [2.05, 4.69) is 10.3 Å². The molecule has 2 saturated heterocycles. The lowest BCUT2D eigenvalue weighted by molar-refractivity contribution is -0.139. The van der Waals surface area contributed by atoms with E-state index in [1.807, 2.05) is 22.8 Å². The van der Waals surface area contributed by atoms with E-state index in [9.17, 15) is 9.59 Å². The Hall–Kier alpha value is -2.61. The maximum atomic E-state index is 12.9. The topological polar surface area (TPSA) is 80.6 Å². The summed E-state index contributed by atoms with van der Waals surface area (Å²) in [5.74, 6) is 0.592. The minimum atomic E-state index is -0.576. The largest absolute Gasteiger partial charge is 0.481 e. The summed E-state index contributed by atoms with van der Waals surface area (Å²) in [5.41, 5.74) is 1.30. The van der Waals surface area contributed by atoms with E-state index in [4.69, 9.17) is 16.3 Å². The highest BCUT2D eigenvalue weighted by Crippen LogP contribution is 2.25. The van der Waals surface area contributed by atoms with E-state index >= 15 is 0 Å². The molecule has 0 saturated carbocycles. The van der Waals surface area contributed by atoms with Crippen molar-refractivity contribution in [3.63, 3.8) is 0 Å². The van der Waals surface area contributed by atoms with Gasteiger partial charge in [0.2, 0.25) is 0 Å². The van der Waals surface area contributed by atoms with Crippen molar-refractivity contribution >= 4 is 23.4 Å². The monoisotopic (exact) mass is 445 g/mol. The molecule has 166 valence electrons. The van der Waals surface area contributed by atoms with Gasteiger partial charge in [-0.25, -0.2) is 4.68 Å². The Morgan fingerprint density at radius 2 is 1.84 bits per heavy atom. The van der Waals surface area contributed by atoms with Crippen LogP contribution in [0, 0.1) is 6.92 Å². The molecule has 1 atom stereocenters. The lowest BCUT2D eigenvalue weighted by Gasteiger charge is -2.33. The number of rotatable bonds is 5. The summed E-state index contributed by atoms with van der Waals surface area (Å²) >= 11 is 5.99. The van der Waals surface area contributed by atoms with Gasteiger partial charge >= 0.3 is 0 Å². The van der Waals surface area contributed by atoms with Gasteiger partial charge in [0, 0.05) is 31.2 Å². The molecular weight excluding hydrogens is 418 g/mol. The van der Waals surface area contributed by atoms with Crippen LogP contribution in [0.5, 0.6) is 5.75 Å². The van der Waals surface area contributed by atoms with Crippen LogP contribution in [0.15, 0.2) is 24.4 Å². The van der Waals surface area contributed by atoms with Gasteiger partial charge in [-0.2, -0.15) is 0 Å². The van der Waals surface area contributed by atoms with Crippen LogP contribution in [0.4, 0.5) is 0 Å². The first-order chi connectivity index (χ1) is 14.9. The van der Waals surface area contributed by atoms with E-state index < -0.39 is 6.10 Å². The summed E-state index contributed by atoms with van der Waals surface area (Å²) in [6.45, 7) is 6.50. The molecule has 2 fully saturated rings. The van der Waals surface area contributed by atoms with Gasteiger partial charge in [-0.1, -0.05) is 16.8 Å². The number of benzene rings is 1. The summed E-state index contributed by atoms with van der Waals surface area (Å²) in [6, 6.07) is 5.50. The van der Waals surface area contributed by atoms with Crippen LogP contribution in [-0.2, 0) is 4.79 Å². The Kier molecular flexibility index (Phi) is 6.46. The number of aromatic nitrogens is 3. The number of halogens is 1. The van der Waals surface area contributed by atoms with E-state index in [1.165, 1.54) is 0 Å². The minimum Gasteiger partial charge on any atom is -0.481 e. The van der Waals surface area contributed by atoms with Crippen LogP contribution >= 0.6 is 11.6 Å². The second-order valence-corrected chi connectivity index (χ2v) is 8.75. The third-order valence-corrected chi connectivity index (χ3v) is 6.30. The fourth-order valence-electron chi connectivity index (χ4n) is 4.23. The van der Waals surface area contributed by atoms with Crippen molar-refractivity contribution in [1.82, 2.24) is 24.8 Å². The van der Waals surface area contributed by atoms with Crippen LogP contribution in [0.2, 0.25) is 5.02 Å². The van der Waals surface area contributed by atoms with Crippen molar-refractivity contribution in [3.05, 3.63) is 40.7 Å². The standard InChI is InChI=1S/C22H28ClN5O3/c1-15-13-17(23)5-6-20(15)31-16(2)21(29)27-11-7-18(8-12-27)28-14-19(24-25-28)22(30)26-9-3-4-10-26/h5-6,13-14,16,18H,3-4,7-12H2,1-2H3. The average Bonchev–Trinajstić information content (AvgIpc) is 3.47. The number of amides is 2. The number of likely N-dealkylation sites (tertiary alicyclic amines) is 2. The van der Waals surface area contributed by atoms with Crippen LogP contribution in [0.3, 0.4) is 0 Å². The fourth-order valence-corrected chi connectivity index (χ4v) is 4.46. The molecule has 1 unspecified atom stereocenters. The minimum absolute atomic E-state index is 0.0312. The molecule has 9 heteroatoms. The molecule has 2 aliphatic heterocycles. The second-order valence-electron chi connectivity index (χ2n) is 8.31. The summed E-state index contributed by atoms with van der Waals surface area (Å²) in [7, 11) is 0. The zero-order valence-corrected chi connectivity index (χ0v) is 18.7. The fraction of sp³-hybridized carbons (Fsp3) is 0.545. The molecule has 0 aliphatic carbocycles. The van der Waals surface area contributed by atoms with Crippen LogP contribution in [-0.4, -0.2) is 68.9 Å². The van der Waals surface area contributed by atoms with Gasteiger partial charge in [0.25, 0.3) is 11.8 Å². The first-order valence-electron chi connectivity index (χ1n) is 10.8. The summed E-state index contributed by atoms with van der Waals surface area (Å²) < 4.78 is 7.67. The Labute approximate surface area is 187 Å². The molecule has 1 aromatic heterocycles. The Morgan fingerprint density at radius 3 is 2.52 bits per heavy atom. The predicted octanol–water partition coefficient (Wildman–Crippen LogP) is 3.11. The number of aryl methyl sites for hydroxylation is 1. The van der Waals surface area contributed by atoms with Crippen molar-refractivity contribution < 1.29 is 14.3 Å². The number of nitrogens with zero attached hydrogens (tertiary/aromatic N) is 5. The third-order valence-electron chi connectivity index (χ3n) is 6.06. The van der Waals surface area contributed by atoms with E-state index in [1.54, 1.807) is 29.9 Å². The van der Waals surface area contributed by atoms with Gasteiger partial charge in [0.15, 0.2) is 11.8 Å². The molecule has 8 nitrogen and oxygen atoms in total. The Morgan fingerprint density at radius 1 is 1.13 bits per heavy atom. The maximum Gasteiger partial charge on any atom is 0.276 e. The highest BCUT2D eigenvalue weighted by atomic mass is 35.5. The van der Waals surface area contributed by atoms with Gasteiger partial charge in [-0.05, 0) is 63.3 Å². The molecule has 4 rings (SSSR count). The van der Waals surface area contributed by atoms with Gasteiger partial charge in [0.1, 0.15) is 5.75 Å². The molecule has 1 aromatic carbocycles. The van der Waals surface area contributed by atoms with Crippen molar-refractivity contribution in [2.75, 3.05) is 26.2 Å². The number of hydrogen-bond donors (Lipinski definition) is 0. The van der Waals surface area contributed by atoms with Crippen molar-refractivity contribution in [2.45, 2.75) is 51.7 Å². The van der Waals surface area contributed by atoms with Crippen LogP contribution in [0.1, 0.15) is 54.7 Å². The number of carbonyl (C=O) groups is 2. The SMILES string of the molecule is Cc1cc(Cl)ccc1OC(C)C(=O)N1CCC(n2cc(C(=O)N3CCCC3)nn2)CC1. The first kappa shape index (κ1) is 21.6. The molecule has 0 bridgehead atoms. The number of ether oxygens (including phenoxy) is 1. The number of hydrogen-bond acceptors (Lipinski definition) is 5. The summed E-state index contributed by atoms with van der Waals surface area (Å²) in [6.07, 6.45) is 4.79. The highest BCUT2D eigenvalue weighted by molar-refractivity contribution is 6.30. The van der Waals surface area contributed by atoms with E-state index in [0.717, 1.165) is 44.3 Å². The molecule has 0 N–H and O–H groups in total. The first-order valence-corrected chi connectivity index (χ1v) is 11.2. The van der Waals surface area contributed by atoms with Crippen LogP contribution < -0.4 is 4.74 Å². The van der Waals surface area contributed by atoms with Crippen molar-refractivity contribution in [3.8, 4) is 5.75 Å². The quantitative estimate of drug-likeness (QED) is 0.706. The summed E-state index contributed by atoms with van der Waals surface area (Å²) in [4.78, 5) is 29.0. The van der Waals surface area contributed by atoms with Gasteiger partial charge < -0.3 is 14.5 Å². The molecule has 31 heavy (non-hydrogen) atoms. The lowest BCUT2D eigenvalue weighted by atomic mass is 10.0. The smallest absolute Gasteiger partial charge is 0.276 e. The predicted molar refractivity (Wildman–Crippen MR) is 116 cm³/mol. The van der Waals surface area contributed by atoms with Crippen LogP contribution in [0.25, 0.3) is 0 Å².